The molecule has 0 fully saturated rings. The maximum atomic E-state index is 13.5. The van der Waals surface area contributed by atoms with Gasteiger partial charge >= 0.3 is 5.97 Å². The summed E-state index contributed by atoms with van der Waals surface area (Å²) in [6, 6.07) is 8.12. The third-order valence-electron chi connectivity index (χ3n) is 4.36. The van der Waals surface area contributed by atoms with E-state index in [1.165, 1.54) is 17.0 Å². The first-order chi connectivity index (χ1) is 11.0. The van der Waals surface area contributed by atoms with E-state index >= 15 is 0 Å². The van der Waals surface area contributed by atoms with Gasteiger partial charge in [-0.25, -0.2) is 9.18 Å². The van der Waals surface area contributed by atoms with Crippen molar-refractivity contribution in [1.29, 1.82) is 0 Å². The molecule has 0 aliphatic heterocycles. The molecule has 0 saturated heterocycles. The average molecular weight is 328 g/mol. The minimum absolute atomic E-state index is 0.157. The van der Waals surface area contributed by atoms with Crippen LogP contribution in [0, 0.1) is 11.8 Å². The van der Waals surface area contributed by atoms with Gasteiger partial charge in [0.2, 0.25) is 0 Å². The maximum Gasteiger partial charge on any atom is 0.332 e. The van der Waals surface area contributed by atoms with Crippen LogP contribution in [-0.2, 0) is 4.79 Å². The summed E-state index contributed by atoms with van der Waals surface area (Å²) in [4.78, 5) is 12.8. The molecule has 2 unspecified atom stereocenters. The number of carboxylic acid groups (broad SMARTS) is 1. The summed E-state index contributed by atoms with van der Waals surface area (Å²) in [5.41, 5.74) is 2.88. The summed E-state index contributed by atoms with van der Waals surface area (Å²) >= 11 is 1.68. The van der Waals surface area contributed by atoms with Gasteiger partial charge in [-0.1, -0.05) is 36.8 Å². The van der Waals surface area contributed by atoms with Crippen LogP contribution in [0.5, 0.6) is 0 Å². The molecule has 2 atom stereocenters. The van der Waals surface area contributed by atoms with Crippen LogP contribution in [0.15, 0.2) is 69.9 Å². The number of carbonyl (C=O) groups is 1. The van der Waals surface area contributed by atoms with Gasteiger partial charge in [-0.05, 0) is 41.7 Å². The van der Waals surface area contributed by atoms with E-state index in [9.17, 15) is 14.3 Å². The van der Waals surface area contributed by atoms with Gasteiger partial charge in [0.15, 0.2) is 0 Å². The van der Waals surface area contributed by atoms with Crippen LogP contribution in [0.3, 0.4) is 0 Å². The molecule has 4 heteroatoms. The number of aliphatic carboxylic acids is 1. The third kappa shape index (κ3) is 2.91. The Balaban J connectivity index is 2.03. The minimum Gasteiger partial charge on any atom is -0.478 e. The van der Waals surface area contributed by atoms with Gasteiger partial charge < -0.3 is 5.11 Å². The molecule has 1 aromatic rings. The highest BCUT2D eigenvalue weighted by Gasteiger charge is 2.37. The Hall–Kier alpha value is -2.07. The summed E-state index contributed by atoms with van der Waals surface area (Å²) in [7, 11) is 0. The Bertz CT molecular complexity index is 769. The molecule has 0 saturated carbocycles. The van der Waals surface area contributed by atoms with E-state index < -0.39 is 11.8 Å². The number of hydrogen-bond acceptors (Lipinski definition) is 2. The lowest BCUT2D eigenvalue weighted by molar-refractivity contribution is -0.133. The largest absolute Gasteiger partial charge is 0.478 e. The SMILES string of the molecule is CSc1ccc(/C=C2/C(C)C(C(=O)O)=C3C=C(F)C=CC32)cc1. The van der Waals surface area contributed by atoms with Crippen molar-refractivity contribution in [2.24, 2.45) is 11.8 Å². The van der Waals surface area contributed by atoms with E-state index in [2.05, 4.69) is 0 Å². The molecule has 1 N–H and O–H groups in total. The van der Waals surface area contributed by atoms with Crippen molar-refractivity contribution < 1.29 is 14.3 Å². The number of carboxylic acids is 1. The van der Waals surface area contributed by atoms with Crippen LogP contribution in [-0.4, -0.2) is 17.3 Å². The lowest BCUT2D eigenvalue weighted by atomic mass is 9.89. The molecule has 2 aliphatic carbocycles. The van der Waals surface area contributed by atoms with E-state index in [4.69, 9.17) is 0 Å². The lowest BCUT2D eigenvalue weighted by Gasteiger charge is -2.15. The van der Waals surface area contributed by atoms with Crippen molar-refractivity contribution in [3.05, 3.63) is 70.6 Å². The molecule has 23 heavy (non-hydrogen) atoms. The van der Waals surface area contributed by atoms with Crippen molar-refractivity contribution in [2.45, 2.75) is 11.8 Å². The first-order valence-corrected chi connectivity index (χ1v) is 8.62. The molecule has 0 spiro atoms. The number of thioether (sulfide) groups is 1. The Morgan fingerprint density at radius 3 is 2.61 bits per heavy atom. The van der Waals surface area contributed by atoms with E-state index in [0.717, 1.165) is 11.1 Å². The maximum absolute atomic E-state index is 13.5. The number of allylic oxidation sites excluding steroid dienone is 6. The Morgan fingerprint density at radius 2 is 2.00 bits per heavy atom. The summed E-state index contributed by atoms with van der Waals surface area (Å²) in [5, 5.41) is 9.50. The zero-order valence-electron chi connectivity index (χ0n) is 12.9. The number of halogens is 1. The predicted octanol–water partition coefficient (Wildman–Crippen LogP) is 4.86. The van der Waals surface area contributed by atoms with Crippen molar-refractivity contribution in [3.63, 3.8) is 0 Å². The van der Waals surface area contributed by atoms with Gasteiger partial charge in [-0.3, -0.25) is 0 Å². The van der Waals surface area contributed by atoms with Crippen LogP contribution >= 0.6 is 11.8 Å². The molecule has 0 aromatic heterocycles. The van der Waals surface area contributed by atoms with Crippen LogP contribution in [0.25, 0.3) is 6.08 Å². The van der Waals surface area contributed by atoms with Crippen LogP contribution in [0.2, 0.25) is 0 Å². The number of hydrogen-bond donors (Lipinski definition) is 1. The molecule has 2 aliphatic rings. The summed E-state index contributed by atoms with van der Waals surface area (Å²) in [6.45, 7) is 1.87. The van der Waals surface area contributed by atoms with Crippen LogP contribution < -0.4 is 0 Å². The first-order valence-electron chi connectivity index (χ1n) is 7.39. The molecule has 3 rings (SSSR count). The van der Waals surface area contributed by atoms with Crippen molar-refractivity contribution in [2.75, 3.05) is 6.26 Å². The summed E-state index contributed by atoms with van der Waals surface area (Å²) in [5.74, 6) is -1.76. The number of benzene rings is 1. The van der Waals surface area contributed by atoms with E-state index in [1.54, 1.807) is 17.8 Å². The quantitative estimate of drug-likeness (QED) is 0.805. The predicted molar refractivity (Wildman–Crippen MR) is 91.8 cm³/mol. The molecule has 0 amide bonds. The fourth-order valence-corrected chi connectivity index (χ4v) is 3.62. The standard InChI is InChI=1S/C19H17FO2S/c1-11-16(9-12-3-6-14(23-2)7-4-12)15-8-5-13(20)10-17(15)18(11)19(21)22/h3-11,15H,1-2H3,(H,21,22)/b16-9-. The second-order valence-electron chi connectivity index (χ2n) is 5.68. The summed E-state index contributed by atoms with van der Waals surface area (Å²) < 4.78 is 13.5. The van der Waals surface area contributed by atoms with Gasteiger partial charge in [-0.15, -0.1) is 11.8 Å². The normalized spacial score (nSPS) is 24.8. The molecular weight excluding hydrogens is 311 g/mol. The van der Waals surface area contributed by atoms with E-state index in [-0.39, 0.29) is 11.8 Å². The third-order valence-corrected chi connectivity index (χ3v) is 5.10. The Kier molecular flexibility index (Phi) is 4.26. The second-order valence-corrected chi connectivity index (χ2v) is 6.56. The lowest BCUT2D eigenvalue weighted by Crippen LogP contribution is -2.07. The number of rotatable bonds is 3. The molecule has 118 valence electrons. The van der Waals surface area contributed by atoms with Crippen molar-refractivity contribution >= 4 is 23.8 Å². The highest BCUT2D eigenvalue weighted by atomic mass is 32.2. The van der Waals surface area contributed by atoms with Gasteiger partial charge in [0, 0.05) is 22.3 Å². The van der Waals surface area contributed by atoms with E-state index in [1.807, 2.05) is 43.5 Å². The fraction of sp³-hybridized carbons (Fsp3) is 0.211. The summed E-state index contributed by atoms with van der Waals surface area (Å²) in [6.07, 6.45) is 8.56. The van der Waals surface area contributed by atoms with Gasteiger partial charge in [0.05, 0.1) is 0 Å². The zero-order valence-corrected chi connectivity index (χ0v) is 13.7. The highest BCUT2D eigenvalue weighted by molar-refractivity contribution is 7.98. The molecule has 1 aromatic carbocycles. The van der Waals surface area contributed by atoms with Gasteiger partial charge in [0.25, 0.3) is 0 Å². The highest BCUT2D eigenvalue weighted by Crippen LogP contribution is 2.46. The molecule has 0 radical (unpaired) electrons. The Morgan fingerprint density at radius 1 is 1.30 bits per heavy atom. The Labute approximate surface area is 139 Å². The first kappa shape index (κ1) is 15.8. The molecular formula is C19H17FO2S. The minimum atomic E-state index is -0.974. The van der Waals surface area contributed by atoms with Gasteiger partial charge in [0.1, 0.15) is 5.83 Å². The van der Waals surface area contributed by atoms with Crippen LogP contribution in [0.4, 0.5) is 4.39 Å². The van der Waals surface area contributed by atoms with E-state index in [0.29, 0.717) is 11.1 Å². The van der Waals surface area contributed by atoms with Crippen LogP contribution in [0.1, 0.15) is 12.5 Å². The van der Waals surface area contributed by atoms with Crippen molar-refractivity contribution in [1.82, 2.24) is 0 Å². The number of fused-ring (bicyclic) bond motifs is 1. The molecule has 0 heterocycles. The molecule has 2 nitrogen and oxygen atoms in total. The van der Waals surface area contributed by atoms with Gasteiger partial charge in [-0.2, -0.15) is 0 Å². The second kappa shape index (κ2) is 6.20. The topological polar surface area (TPSA) is 37.3 Å². The smallest absolute Gasteiger partial charge is 0.332 e. The average Bonchev–Trinajstić information content (AvgIpc) is 2.79. The monoisotopic (exact) mass is 328 g/mol. The zero-order chi connectivity index (χ0) is 16.6. The fourth-order valence-electron chi connectivity index (χ4n) is 3.22. The van der Waals surface area contributed by atoms with Crippen molar-refractivity contribution in [3.8, 4) is 0 Å². The molecule has 0 bridgehead atoms.